The van der Waals surface area contributed by atoms with Crippen molar-refractivity contribution in [1.82, 2.24) is 15.1 Å². The van der Waals surface area contributed by atoms with E-state index in [0.717, 1.165) is 17.0 Å². The zero-order valence-corrected chi connectivity index (χ0v) is 18.0. The Morgan fingerprint density at radius 1 is 1.06 bits per heavy atom. The number of hydrogen-bond acceptors (Lipinski definition) is 7. The lowest BCUT2D eigenvalue weighted by Crippen LogP contribution is -2.49. The third kappa shape index (κ3) is 4.47. The highest BCUT2D eigenvalue weighted by Crippen LogP contribution is 2.26. The van der Waals surface area contributed by atoms with E-state index in [1.165, 1.54) is 18.2 Å². The number of piperazine rings is 1. The predicted octanol–water partition coefficient (Wildman–Crippen LogP) is 3.68. The molecule has 164 valence electrons. The van der Waals surface area contributed by atoms with E-state index in [9.17, 15) is 14.9 Å². The van der Waals surface area contributed by atoms with E-state index in [-0.39, 0.29) is 16.3 Å². The van der Waals surface area contributed by atoms with Crippen LogP contribution in [0.4, 0.5) is 11.5 Å². The fourth-order valence-electron chi connectivity index (χ4n) is 3.58. The first-order valence-electron chi connectivity index (χ1n) is 9.92. The van der Waals surface area contributed by atoms with Gasteiger partial charge in [0.15, 0.2) is 5.82 Å². The largest absolute Gasteiger partial charge is 0.497 e. The van der Waals surface area contributed by atoms with Gasteiger partial charge >= 0.3 is 0 Å². The standard InChI is InChI=1S/C22H20ClN5O4/c1-32-17-4-2-3-15(13-17)19-6-8-21(25-24-19)26-9-11-27(12-10-26)22(29)18-14-16(23)5-7-20(18)28(30)31/h2-8,13-14H,9-12H2,1H3. The molecule has 4 rings (SSSR count). The van der Waals surface area contributed by atoms with Crippen LogP contribution >= 0.6 is 11.6 Å². The molecule has 2 heterocycles. The molecule has 0 saturated carbocycles. The van der Waals surface area contributed by atoms with Crippen LogP contribution in [0.1, 0.15) is 10.4 Å². The Morgan fingerprint density at radius 3 is 2.50 bits per heavy atom. The van der Waals surface area contributed by atoms with Crippen molar-refractivity contribution in [3.63, 3.8) is 0 Å². The number of nitro benzene ring substituents is 1. The van der Waals surface area contributed by atoms with Crippen LogP contribution < -0.4 is 9.64 Å². The third-order valence-corrected chi connectivity index (χ3v) is 5.53. The van der Waals surface area contributed by atoms with Crippen LogP contribution in [0.2, 0.25) is 5.02 Å². The summed E-state index contributed by atoms with van der Waals surface area (Å²) in [4.78, 5) is 27.2. The number of methoxy groups -OCH3 is 1. The van der Waals surface area contributed by atoms with Crippen molar-refractivity contribution in [3.8, 4) is 17.0 Å². The van der Waals surface area contributed by atoms with Crippen LogP contribution in [0.25, 0.3) is 11.3 Å². The Kier molecular flexibility index (Phi) is 6.18. The topological polar surface area (TPSA) is 102 Å². The highest BCUT2D eigenvalue weighted by molar-refractivity contribution is 6.31. The summed E-state index contributed by atoms with van der Waals surface area (Å²) < 4.78 is 5.25. The number of hydrogen-bond donors (Lipinski definition) is 0. The lowest BCUT2D eigenvalue weighted by atomic mass is 10.1. The highest BCUT2D eigenvalue weighted by atomic mass is 35.5. The first kappa shape index (κ1) is 21.5. The van der Waals surface area contributed by atoms with Crippen molar-refractivity contribution in [2.75, 3.05) is 38.2 Å². The first-order valence-corrected chi connectivity index (χ1v) is 10.3. The van der Waals surface area contributed by atoms with Gasteiger partial charge in [-0.2, -0.15) is 0 Å². The summed E-state index contributed by atoms with van der Waals surface area (Å²) >= 11 is 5.96. The molecule has 0 atom stereocenters. The lowest BCUT2D eigenvalue weighted by Gasteiger charge is -2.35. The number of nitrogens with zero attached hydrogens (tertiary/aromatic N) is 5. The maximum absolute atomic E-state index is 12.9. The summed E-state index contributed by atoms with van der Waals surface area (Å²) in [5.74, 6) is 1.05. The smallest absolute Gasteiger partial charge is 0.282 e. The van der Waals surface area contributed by atoms with Gasteiger partial charge in [-0.25, -0.2) is 0 Å². The van der Waals surface area contributed by atoms with Gasteiger partial charge in [0.05, 0.1) is 17.7 Å². The van der Waals surface area contributed by atoms with E-state index in [1.54, 1.807) is 12.0 Å². The number of anilines is 1. The van der Waals surface area contributed by atoms with Crippen LogP contribution in [-0.2, 0) is 0 Å². The number of rotatable bonds is 5. The minimum atomic E-state index is -0.570. The van der Waals surface area contributed by atoms with Gasteiger partial charge in [-0.3, -0.25) is 14.9 Å². The molecule has 9 nitrogen and oxygen atoms in total. The molecule has 0 bridgehead atoms. The van der Waals surface area contributed by atoms with Crippen molar-refractivity contribution in [1.29, 1.82) is 0 Å². The van der Waals surface area contributed by atoms with Crippen LogP contribution in [0.15, 0.2) is 54.6 Å². The minimum Gasteiger partial charge on any atom is -0.497 e. The Bertz CT molecular complexity index is 1150. The number of nitro groups is 1. The van der Waals surface area contributed by atoms with Crippen molar-refractivity contribution in [2.45, 2.75) is 0 Å². The minimum absolute atomic E-state index is 0.00150. The van der Waals surface area contributed by atoms with Gasteiger partial charge in [0.25, 0.3) is 11.6 Å². The van der Waals surface area contributed by atoms with Crippen molar-refractivity contribution in [3.05, 3.63) is 75.3 Å². The Morgan fingerprint density at radius 2 is 1.84 bits per heavy atom. The highest BCUT2D eigenvalue weighted by Gasteiger charge is 2.28. The Balaban J connectivity index is 1.43. The van der Waals surface area contributed by atoms with E-state index < -0.39 is 10.8 Å². The summed E-state index contributed by atoms with van der Waals surface area (Å²) in [6, 6.07) is 15.4. The first-order chi connectivity index (χ1) is 15.5. The summed E-state index contributed by atoms with van der Waals surface area (Å²) in [5, 5.41) is 20.2. The molecular formula is C22H20ClN5O4. The summed E-state index contributed by atoms with van der Waals surface area (Å²) in [7, 11) is 1.61. The molecule has 1 saturated heterocycles. The van der Waals surface area contributed by atoms with Crippen molar-refractivity contribution >= 4 is 29.0 Å². The second-order valence-electron chi connectivity index (χ2n) is 7.21. The second-order valence-corrected chi connectivity index (χ2v) is 7.64. The quantitative estimate of drug-likeness (QED) is 0.429. The number of ether oxygens (including phenoxy) is 1. The number of benzene rings is 2. The van der Waals surface area contributed by atoms with Gasteiger partial charge in [0.1, 0.15) is 11.3 Å². The van der Waals surface area contributed by atoms with E-state index in [4.69, 9.17) is 16.3 Å². The van der Waals surface area contributed by atoms with E-state index >= 15 is 0 Å². The van der Waals surface area contributed by atoms with E-state index in [2.05, 4.69) is 10.2 Å². The molecule has 1 aliphatic rings. The van der Waals surface area contributed by atoms with Gasteiger partial charge in [-0.05, 0) is 36.4 Å². The van der Waals surface area contributed by atoms with Crippen LogP contribution in [0, 0.1) is 10.1 Å². The molecule has 0 unspecified atom stereocenters. The zero-order chi connectivity index (χ0) is 22.7. The normalized spacial score (nSPS) is 13.7. The van der Waals surface area contributed by atoms with Gasteiger partial charge in [0, 0.05) is 42.8 Å². The van der Waals surface area contributed by atoms with Gasteiger partial charge < -0.3 is 14.5 Å². The van der Waals surface area contributed by atoms with Crippen molar-refractivity contribution < 1.29 is 14.5 Å². The number of carbonyl (C=O) groups is 1. The molecule has 1 aromatic heterocycles. The summed E-state index contributed by atoms with van der Waals surface area (Å²) in [6.07, 6.45) is 0. The number of aromatic nitrogens is 2. The average Bonchev–Trinajstić information content (AvgIpc) is 2.83. The molecule has 1 aliphatic heterocycles. The van der Waals surface area contributed by atoms with Crippen molar-refractivity contribution in [2.24, 2.45) is 0 Å². The van der Waals surface area contributed by atoms with Crippen LogP contribution in [0.3, 0.4) is 0 Å². The van der Waals surface area contributed by atoms with Gasteiger partial charge in [-0.15, -0.1) is 10.2 Å². The maximum Gasteiger partial charge on any atom is 0.282 e. The Labute approximate surface area is 189 Å². The molecule has 32 heavy (non-hydrogen) atoms. The van der Waals surface area contributed by atoms with Gasteiger partial charge in [-0.1, -0.05) is 23.7 Å². The molecule has 10 heteroatoms. The Hall–Kier alpha value is -3.72. The molecule has 1 amide bonds. The summed E-state index contributed by atoms with van der Waals surface area (Å²) in [6.45, 7) is 1.88. The van der Waals surface area contributed by atoms with Crippen LogP contribution in [0.5, 0.6) is 5.75 Å². The molecule has 2 aromatic carbocycles. The number of carbonyl (C=O) groups excluding carboxylic acids is 1. The summed E-state index contributed by atoms with van der Waals surface area (Å²) in [5.41, 5.74) is 1.39. The number of halogens is 1. The third-order valence-electron chi connectivity index (χ3n) is 5.29. The molecule has 0 radical (unpaired) electrons. The predicted molar refractivity (Wildman–Crippen MR) is 120 cm³/mol. The van der Waals surface area contributed by atoms with E-state index in [0.29, 0.717) is 32.0 Å². The van der Waals surface area contributed by atoms with Gasteiger partial charge in [0.2, 0.25) is 0 Å². The molecule has 0 N–H and O–H groups in total. The molecule has 1 fully saturated rings. The van der Waals surface area contributed by atoms with E-state index in [1.807, 2.05) is 41.3 Å². The monoisotopic (exact) mass is 453 g/mol. The average molecular weight is 454 g/mol. The second kappa shape index (κ2) is 9.19. The molecule has 0 spiro atoms. The molecule has 3 aromatic rings. The fraction of sp³-hybridized carbons (Fsp3) is 0.227. The SMILES string of the molecule is COc1cccc(-c2ccc(N3CCN(C(=O)c4cc(Cl)ccc4[N+](=O)[O-])CC3)nn2)c1. The lowest BCUT2D eigenvalue weighted by molar-refractivity contribution is -0.385. The van der Waals surface area contributed by atoms with Crippen LogP contribution in [-0.4, -0.2) is 59.2 Å². The number of amides is 1. The zero-order valence-electron chi connectivity index (χ0n) is 17.3. The fourth-order valence-corrected chi connectivity index (χ4v) is 3.75. The molecular weight excluding hydrogens is 434 g/mol. The maximum atomic E-state index is 12.9. The molecule has 0 aliphatic carbocycles.